The van der Waals surface area contributed by atoms with Crippen LogP contribution in [0.1, 0.15) is 29.2 Å². The van der Waals surface area contributed by atoms with Crippen LogP contribution in [-0.2, 0) is 0 Å². The number of aryl methyl sites for hydroxylation is 1. The van der Waals surface area contributed by atoms with Crippen molar-refractivity contribution in [2.45, 2.75) is 19.9 Å². The summed E-state index contributed by atoms with van der Waals surface area (Å²) >= 11 is 7.72. The summed E-state index contributed by atoms with van der Waals surface area (Å²) in [6.07, 6.45) is 0. The number of rotatable bonds is 4. The molecule has 0 spiro atoms. The minimum Gasteiger partial charge on any atom is -0.305 e. The van der Waals surface area contributed by atoms with Gasteiger partial charge < -0.3 is 5.32 Å². The Hall–Kier alpha value is -0.900. The zero-order valence-electron chi connectivity index (χ0n) is 9.90. The third-order valence-corrected chi connectivity index (χ3v) is 3.74. The molecule has 0 saturated heterocycles. The highest BCUT2D eigenvalue weighted by molar-refractivity contribution is 7.09. The normalized spacial score (nSPS) is 12.6. The van der Waals surface area contributed by atoms with Gasteiger partial charge >= 0.3 is 0 Å². The van der Waals surface area contributed by atoms with Crippen molar-refractivity contribution in [3.8, 4) is 0 Å². The molecule has 0 radical (unpaired) electrons. The average molecular weight is 267 g/mol. The molecule has 1 unspecified atom stereocenters. The number of halogens is 1. The molecule has 0 saturated carbocycles. The fraction of sp³-hybridized carbons (Fsp3) is 0.308. The van der Waals surface area contributed by atoms with Crippen LogP contribution in [0.3, 0.4) is 0 Å². The molecule has 4 heteroatoms. The summed E-state index contributed by atoms with van der Waals surface area (Å²) in [4.78, 5) is 4.55. The van der Waals surface area contributed by atoms with Gasteiger partial charge in [-0.1, -0.05) is 30.7 Å². The molecule has 17 heavy (non-hydrogen) atoms. The summed E-state index contributed by atoms with van der Waals surface area (Å²) in [7, 11) is 0. The van der Waals surface area contributed by atoms with E-state index >= 15 is 0 Å². The Morgan fingerprint density at radius 2 is 2.29 bits per heavy atom. The van der Waals surface area contributed by atoms with Crippen LogP contribution in [-0.4, -0.2) is 11.5 Å². The van der Waals surface area contributed by atoms with Gasteiger partial charge in [0.2, 0.25) is 0 Å². The minimum absolute atomic E-state index is 0.136. The first-order chi connectivity index (χ1) is 8.20. The molecule has 2 rings (SSSR count). The lowest BCUT2D eigenvalue weighted by atomic mass is 10.1. The van der Waals surface area contributed by atoms with Crippen LogP contribution in [0.5, 0.6) is 0 Å². The molecule has 2 nitrogen and oxygen atoms in total. The van der Waals surface area contributed by atoms with Gasteiger partial charge in [-0.15, -0.1) is 11.3 Å². The summed E-state index contributed by atoms with van der Waals surface area (Å²) in [5.74, 6) is 0. The van der Waals surface area contributed by atoms with E-state index in [1.165, 1.54) is 0 Å². The van der Waals surface area contributed by atoms with Gasteiger partial charge in [-0.25, -0.2) is 4.98 Å². The molecule has 2 aromatic rings. The van der Waals surface area contributed by atoms with Gasteiger partial charge in [0.05, 0.1) is 6.04 Å². The fourth-order valence-electron chi connectivity index (χ4n) is 1.74. The number of hydrogen-bond acceptors (Lipinski definition) is 3. The van der Waals surface area contributed by atoms with Gasteiger partial charge in [-0.2, -0.15) is 0 Å². The predicted molar refractivity (Wildman–Crippen MR) is 73.8 cm³/mol. The highest BCUT2D eigenvalue weighted by Gasteiger charge is 2.16. The Labute approximate surface area is 111 Å². The van der Waals surface area contributed by atoms with Gasteiger partial charge in [0.1, 0.15) is 5.01 Å². The van der Waals surface area contributed by atoms with Crippen LogP contribution in [0.15, 0.2) is 29.6 Å². The maximum absolute atomic E-state index is 6.04. The van der Waals surface area contributed by atoms with E-state index in [1.54, 1.807) is 11.3 Å². The molecule has 0 fully saturated rings. The second-order valence-corrected chi connectivity index (χ2v) is 5.20. The van der Waals surface area contributed by atoms with Crippen molar-refractivity contribution in [1.29, 1.82) is 0 Å². The zero-order valence-corrected chi connectivity index (χ0v) is 11.5. The molecule has 0 bridgehead atoms. The zero-order chi connectivity index (χ0) is 12.3. The Morgan fingerprint density at radius 3 is 2.88 bits per heavy atom. The first-order valence-electron chi connectivity index (χ1n) is 5.61. The summed E-state index contributed by atoms with van der Waals surface area (Å²) in [6.45, 7) is 5.01. The number of thiazole rings is 1. The quantitative estimate of drug-likeness (QED) is 0.910. The summed E-state index contributed by atoms with van der Waals surface area (Å²) in [5, 5.41) is 7.37. The number of nitrogens with one attached hydrogen (secondary N) is 1. The maximum Gasteiger partial charge on any atom is 0.114 e. The molecule has 1 aromatic heterocycles. The van der Waals surface area contributed by atoms with Crippen molar-refractivity contribution >= 4 is 22.9 Å². The first kappa shape index (κ1) is 12.6. The summed E-state index contributed by atoms with van der Waals surface area (Å²) in [6, 6.07) is 8.07. The third kappa shape index (κ3) is 3.06. The van der Waals surface area contributed by atoms with Crippen LogP contribution in [0.2, 0.25) is 5.02 Å². The van der Waals surface area contributed by atoms with Gasteiger partial charge in [-0.05, 0) is 31.2 Å². The maximum atomic E-state index is 6.04. The van der Waals surface area contributed by atoms with Crippen LogP contribution in [0, 0.1) is 6.92 Å². The van der Waals surface area contributed by atoms with E-state index in [0.29, 0.717) is 0 Å². The van der Waals surface area contributed by atoms with Crippen LogP contribution >= 0.6 is 22.9 Å². The summed E-state index contributed by atoms with van der Waals surface area (Å²) in [5.41, 5.74) is 2.23. The Bertz CT molecular complexity index is 496. The van der Waals surface area contributed by atoms with Crippen molar-refractivity contribution in [2.24, 2.45) is 0 Å². The highest BCUT2D eigenvalue weighted by Crippen LogP contribution is 2.26. The summed E-state index contributed by atoms with van der Waals surface area (Å²) < 4.78 is 0. The third-order valence-electron chi connectivity index (χ3n) is 2.47. The van der Waals surface area contributed by atoms with Crippen LogP contribution in [0.25, 0.3) is 0 Å². The van der Waals surface area contributed by atoms with Crippen molar-refractivity contribution < 1.29 is 0 Å². The number of hydrogen-bond donors (Lipinski definition) is 1. The largest absolute Gasteiger partial charge is 0.305 e. The van der Waals surface area contributed by atoms with Crippen LogP contribution in [0.4, 0.5) is 0 Å². The van der Waals surface area contributed by atoms with Crippen LogP contribution < -0.4 is 5.32 Å². The molecule has 1 aromatic carbocycles. The van der Waals surface area contributed by atoms with E-state index in [9.17, 15) is 0 Å². The van der Waals surface area contributed by atoms with Gasteiger partial charge in [0.25, 0.3) is 0 Å². The van der Waals surface area contributed by atoms with Gasteiger partial charge in [-0.3, -0.25) is 0 Å². The average Bonchev–Trinajstić information content (AvgIpc) is 2.72. The monoisotopic (exact) mass is 266 g/mol. The van der Waals surface area contributed by atoms with E-state index < -0.39 is 0 Å². The molecule has 0 aliphatic carbocycles. The topological polar surface area (TPSA) is 24.9 Å². The molecule has 1 N–H and O–H groups in total. The van der Waals surface area contributed by atoms with Crippen molar-refractivity contribution in [1.82, 2.24) is 10.3 Å². The highest BCUT2D eigenvalue weighted by atomic mass is 35.5. The Morgan fingerprint density at radius 1 is 1.47 bits per heavy atom. The molecule has 0 aliphatic rings. The molecule has 90 valence electrons. The van der Waals surface area contributed by atoms with E-state index in [1.807, 2.05) is 25.1 Å². The second-order valence-electron chi connectivity index (χ2n) is 3.87. The number of benzene rings is 1. The van der Waals surface area contributed by atoms with Crippen molar-refractivity contribution in [2.75, 3.05) is 6.54 Å². The molecular weight excluding hydrogens is 252 g/mol. The fourth-order valence-corrected chi connectivity index (χ4v) is 2.84. The standard InChI is InChI=1S/C13H15ClN2S/c1-3-15-12(13-16-9(2)8-17-13)10-5-4-6-11(14)7-10/h4-8,12,15H,3H2,1-2H3. The molecule has 1 atom stereocenters. The van der Waals surface area contributed by atoms with E-state index in [2.05, 4.69) is 28.7 Å². The Balaban J connectivity index is 2.35. The number of nitrogens with zero attached hydrogens (tertiary/aromatic N) is 1. The van der Waals surface area contributed by atoms with Crippen molar-refractivity contribution in [3.05, 3.63) is 50.9 Å². The Kier molecular flexibility index (Phi) is 4.15. The van der Waals surface area contributed by atoms with Gasteiger partial charge in [0.15, 0.2) is 0 Å². The van der Waals surface area contributed by atoms with Gasteiger partial charge in [0, 0.05) is 16.1 Å². The van der Waals surface area contributed by atoms with Crippen molar-refractivity contribution in [3.63, 3.8) is 0 Å². The predicted octanol–water partition coefficient (Wildman–Crippen LogP) is 3.80. The van der Waals surface area contributed by atoms with E-state index in [-0.39, 0.29) is 6.04 Å². The smallest absolute Gasteiger partial charge is 0.114 e. The second kappa shape index (κ2) is 5.63. The molecule has 0 aliphatic heterocycles. The van der Waals surface area contributed by atoms with E-state index in [4.69, 9.17) is 11.6 Å². The SMILES string of the molecule is CCNC(c1cccc(Cl)c1)c1nc(C)cs1. The molecular formula is C13H15ClN2S. The lowest BCUT2D eigenvalue weighted by Gasteiger charge is -2.16. The van der Waals surface area contributed by atoms with E-state index in [0.717, 1.165) is 27.8 Å². The first-order valence-corrected chi connectivity index (χ1v) is 6.87. The molecule has 0 amide bonds. The molecule has 1 heterocycles. The lowest BCUT2D eigenvalue weighted by Crippen LogP contribution is -2.21. The lowest BCUT2D eigenvalue weighted by molar-refractivity contribution is 0.626. The number of aromatic nitrogens is 1. The minimum atomic E-state index is 0.136.